The number of benzene rings is 2. The summed E-state index contributed by atoms with van der Waals surface area (Å²) in [5.74, 6) is -2.97. The maximum absolute atomic E-state index is 11.9. The third-order valence-electron chi connectivity index (χ3n) is 3.01. The lowest BCUT2D eigenvalue weighted by molar-refractivity contribution is -0.130. The second-order valence-corrected chi connectivity index (χ2v) is 5.17. The van der Waals surface area contributed by atoms with Crippen molar-refractivity contribution in [1.29, 1.82) is 0 Å². The third kappa shape index (κ3) is 3.86. The van der Waals surface area contributed by atoms with Crippen LogP contribution in [0.1, 0.15) is 22.0 Å². The number of carbonyl (C=O) groups is 2. The van der Waals surface area contributed by atoms with Gasteiger partial charge in [0.25, 0.3) is 11.8 Å². The Labute approximate surface area is 140 Å². The van der Waals surface area contributed by atoms with Gasteiger partial charge in [-0.3, -0.25) is 20.4 Å². The summed E-state index contributed by atoms with van der Waals surface area (Å²) in [5, 5.41) is 37.8. The lowest BCUT2D eigenvalue weighted by atomic mass is 10.1. The van der Waals surface area contributed by atoms with Crippen LogP contribution < -0.4 is 10.9 Å². The number of halogens is 1. The molecule has 0 aromatic heterocycles. The Morgan fingerprint density at radius 2 is 1.71 bits per heavy atom. The van der Waals surface area contributed by atoms with E-state index in [9.17, 15) is 30.0 Å². The number of phenolic OH excluding ortho intramolecular Hbond substituents is 3. The van der Waals surface area contributed by atoms with Crippen LogP contribution in [0.15, 0.2) is 36.4 Å². The van der Waals surface area contributed by atoms with Crippen LogP contribution in [0.5, 0.6) is 17.2 Å². The normalized spacial score (nSPS) is 11.6. The Morgan fingerprint density at radius 1 is 1.00 bits per heavy atom. The van der Waals surface area contributed by atoms with Gasteiger partial charge in [-0.15, -0.1) is 0 Å². The highest BCUT2D eigenvalue weighted by Gasteiger charge is 2.21. The van der Waals surface area contributed by atoms with Crippen LogP contribution in [0.3, 0.4) is 0 Å². The fourth-order valence-corrected chi connectivity index (χ4v) is 2.19. The Bertz CT molecular complexity index is 772. The van der Waals surface area contributed by atoms with Crippen molar-refractivity contribution in [2.45, 2.75) is 6.10 Å². The van der Waals surface area contributed by atoms with Crippen LogP contribution in [0.4, 0.5) is 0 Å². The number of carbonyl (C=O) groups excluding carboxylic acids is 2. The zero-order valence-corrected chi connectivity index (χ0v) is 12.8. The van der Waals surface area contributed by atoms with Crippen LogP contribution >= 0.6 is 11.6 Å². The van der Waals surface area contributed by atoms with Crippen molar-refractivity contribution >= 4 is 23.4 Å². The summed E-state index contributed by atoms with van der Waals surface area (Å²) >= 11 is 5.75. The summed E-state index contributed by atoms with van der Waals surface area (Å²) in [5.41, 5.74) is 3.70. The number of nitrogens with one attached hydrogen (secondary N) is 2. The molecule has 0 heterocycles. The lowest BCUT2D eigenvalue weighted by Gasteiger charge is -2.13. The summed E-state index contributed by atoms with van der Waals surface area (Å²) in [4.78, 5) is 23.8. The minimum atomic E-state index is -1.64. The molecule has 0 aliphatic carbocycles. The van der Waals surface area contributed by atoms with Gasteiger partial charge in [0, 0.05) is 6.07 Å². The zero-order chi connectivity index (χ0) is 17.9. The van der Waals surface area contributed by atoms with Gasteiger partial charge >= 0.3 is 0 Å². The van der Waals surface area contributed by atoms with Gasteiger partial charge in [-0.2, -0.15) is 0 Å². The van der Waals surface area contributed by atoms with Crippen molar-refractivity contribution in [3.05, 3.63) is 52.5 Å². The predicted octanol–water partition coefficient (Wildman–Crippen LogP) is 0.951. The van der Waals surface area contributed by atoms with Gasteiger partial charge in [0.15, 0.2) is 6.10 Å². The van der Waals surface area contributed by atoms with Crippen molar-refractivity contribution in [3.63, 3.8) is 0 Å². The number of hydrazine groups is 1. The number of phenols is 3. The fourth-order valence-electron chi connectivity index (χ4n) is 1.90. The molecule has 0 fully saturated rings. The predicted molar refractivity (Wildman–Crippen MR) is 83.5 cm³/mol. The molecule has 24 heavy (non-hydrogen) atoms. The molecule has 8 nitrogen and oxygen atoms in total. The van der Waals surface area contributed by atoms with Gasteiger partial charge in [0.1, 0.15) is 22.8 Å². The highest BCUT2D eigenvalue weighted by atomic mass is 35.5. The quantitative estimate of drug-likeness (QED) is 0.455. The minimum Gasteiger partial charge on any atom is -0.508 e. The number of rotatable bonds is 3. The van der Waals surface area contributed by atoms with E-state index < -0.39 is 23.7 Å². The molecule has 0 saturated heterocycles. The second kappa shape index (κ2) is 7.07. The molecule has 0 spiro atoms. The molecule has 0 radical (unpaired) electrons. The van der Waals surface area contributed by atoms with Crippen LogP contribution in [-0.2, 0) is 4.79 Å². The van der Waals surface area contributed by atoms with Crippen LogP contribution in [0.2, 0.25) is 5.02 Å². The first-order valence-electron chi connectivity index (χ1n) is 6.58. The van der Waals surface area contributed by atoms with E-state index in [-0.39, 0.29) is 27.6 Å². The number of aromatic hydroxyl groups is 3. The van der Waals surface area contributed by atoms with Crippen molar-refractivity contribution in [3.8, 4) is 17.2 Å². The van der Waals surface area contributed by atoms with Gasteiger partial charge in [0.2, 0.25) is 0 Å². The van der Waals surface area contributed by atoms with Crippen LogP contribution in [-0.4, -0.2) is 32.2 Å². The molecule has 0 saturated carbocycles. The van der Waals surface area contributed by atoms with Gasteiger partial charge < -0.3 is 20.4 Å². The molecule has 1 unspecified atom stereocenters. The average Bonchev–Trinajstić information content (AvgIpc) is 2.50. The van der Waals surface area contributed by atoms with E-state index >= 15 is 0 Å². The molecule has 0 aliphatic rings. The van der Waals surface area contributed by atoms with E-state index in [1.165, 1.54) is 24.3 Å². The van der Waals surface area contributed by atoms with Crippen LogP contribution in [0, 0.1) is 0 Å². The topological polar surface area (TPSA) is 139 Å². The van der Waals surface area contributed by atoms with E-state index in [0.717, 1.165) is 12.1 Å². The first kappa shape index (κ1) is 17.4. The van der Waals surface area contributed by atoms with E-state index in [1.54, 1.807) is 0 Å². The lowest BCUT2D eigenvalue weighted by Crippen LogP contribution is -2.44. The summed E-state index contributed by atoms with van der Waals surface area (Å²) in [6, 6.07) is 7.35. The number of amides is 2. The second-order valence-electron chi connectivity index (χ2n) is 4.76. The molecule has 0 aliphatic heterocycles. The fraction of sp³-hybridized carbons (Fsp3) is 0.0667. The molecule has 2 aromatic rings. The summed E-state index contributed by atoms with van der Waals surface area (Å²) in [6.07, 6.45) is -1.64. The number of hydrogen-bond donors (Lipinski definition) is 6. The number of hydrogen-bond acceptors (Lipinski definition) is 6. The molecule has 126 valence electrons. The molecule has 6 N–H and O–H groups in total. The van der Waals surface area contributed by atoms with Crippen molar-refractivity contribution in [1.82, 2.24) is 10.9 Å². The summed E-state index contributed by atoms with van der Waals surface area (Å²) < 4.78 is 0. The SMILES string of the molecule is O=C(NNC(=O)C(O)c1cccc(O)c1)c1c(O)cc(O)cc1Cl. The largest absolute Gasteiger partial charge is 0.508 e. The molecule has 2 aromatic carbocycles. The molecule has 0 bridgehead atoms. The Balaban J connectivity index is 2.05. The van der Waals surface area contributed by atoms with Crippen molar-refractivity contribution in [2.24, 2.45) is 0 Å². The molecule has 2 amide bonds. The smallest absolute Gasteiger partial charge is 0.274 e. The zero-order valence-electron chi connectivity index (χ0n) is 12.0. The monoisotopic (exact) mass is 352 g/mol. The number of aliphatic hydroxyl groups is 1. The standard InChI is InChI=1S/C15H13ClN2O6/c16-10-5-9(20)6-11(21)12(10)14(23)17-18-15(24)13(22)7-2-1-3-8(19)4-7/h1-6,13,19-22H,(H,17,23)(H,18,24). The molecular weight excluding hydrogens is 340 g/mol. The highest BCUT2D eigenvalue weighted by molar-refractivity contribution is 6.34. The minimum absolute atomic E-state index is 0.118. The molecule has 9 heteroatoms. The first-order chi connectivity index (χ1) is 11.3. The van der Waals surface area contributed by atoms with E-state index in [1.807, 2.05) is 10.9 Å². The average molecular weight is 353 g/mol. The first-order valence-corrected chi connectivity index (χ1v) is 6.96. The van der Waals surface area contributed by atoms with E-state index in [0.29, 0.717) is 0 Å². The molecule has 2 rings (SSSR count). The Morgan fingerprint density at radius 3 is 2.33 bits per heavy atom. The molecule has 1 atom stereocenters. The maximum Gasteiger partial charge on any atom is 0.274 e. The van der Waals surface area contributed by atoms with Crippen molar-refractivity contribution < 1.29 is 30.0 Å². The van der Waals surface area contributed by atoms with Gasteiger partial charge in [0.05, 0.1) is 5.02 Å². The van der Waals surface area contributed by atoms with Gasteiger partial charge in [-0.1, -0.05) is 23.7 Å². The van der Waals surface area contributed by atoms with Crippen molar-refractivity contribution in [2.75, 3.05) is 0 Å². The van der Waals surface area contributed by atoms with E-state index in [2.05, 4.69) is 0 Å². The third-order valence-corrected chi connectivity index (χ3v) is 3.31. The maximum atomic E-state index is 11.9. The highest BCUT2D eigenvalue weighted by Crippen LogP contribution is 2.30. The molecular formula is C15H13ClN2O6. The Kier molecular flexibility index (Phi) is 5.12. The van der Waals surface area contributed by atoms with Gasteiger partial charge in [-0.25, -0.2) is 0 Å². The Hall–Kier alpha value is -2.97. The van der Waals surface area contributed by atoms with E-state index in [4.69, 9.17) is 11.6 Å². The van der Waals surface area contributed by atoms with Crippen LogP contribution in [0.25, 0.3) is 0 Å². The summed E-state index contributed by atoms with van der Waals surface area (Å²) in [7, 11) is 0. The van der Waals surface area contributed by atoms with Gasteiger partial charge in [-0.05, 0) is 23.8 Å². The number of aliphatic hydroxyl groups excluding tert-OH is 1. The summed E-state index contributed by atoms with van der Waals surface area (Å²) in [6.45, 7) is 0.